The number of amidine groups is 1. The van der Waals surface area contributed by atoms with Crippen molar-refractivity contribution in [3.8, 4) is 11.1 Å². The Kier molecular flexibility index (Phi) is 6.89. The minimum absolute atomic E-state index is 0.250. The Morgan fingerprint density at radius 1 is 0.912 bits per heavy atom. The van der Waals surface area contributed by atoms with E-state index in [2.05, 4.69) is 10.3 Å². The third-order valence-corrected chi connectivity index (χ3v) is 6.08. The van der Waals surface area contributed by atoms with Crippen molar-refractivity contribution in [3.63, 3.8) is 0 Å². The van der Waals surface area contributed by atoms with Gasteiger partial charge in [0.1, 0.15) is 0 Å². The van der Waals surface area contributed by atoms with Crippen LogP contribution in [0.3, 0.4) is 0 Å². The molecule has 1 aliphatic rings. The number of hydrogen-bond acceptors (Lipinski definition) is 5. The van der Waals surface area contributed by atoms with E-state index in [9.17, 15) is 19.5 Å². The van der Waals surface area contributed by atoms with Crippen molar-refractivity contribution in [1.29, 1.82) is 0 Å². The zero-order valence-corrected chi connectivity index (χ0v) is 18.7. The molecule has 1 saturated heterocycles. The van der Waals surface area contributed by atoms with Crippen LogP contribution >= 0.6 is 11.8 Å². The van der Waals surface area contributed by atoms with Crippen LogP contribution in [0, 0.1) is 0 Å². The fraction of sp³-hybridized carbons (Fsp3) is 0.0769. The van der Waals surface area contributed by atoms with Crippen molar-refractivity contribution >= 4 is 46.5 Å². The van der Waals surface area contributed by atoms with Gasteiger partial charge in [0, 0.05) is 0 Å². The highest BCUT2D eigenvalue weighted by Gasteiger charge is 2.25. The summed E-state index contributed by atoms with van der Waals surface area (Å²) in [5, 5.41) is 21.3. The van der Waals surface area contributed by atoms with E-state index in [1.807, 2.05) is 54.6 Å². The van der Waals surface area contributed by atoms with E-state index in [1.54, 1.807) is 18.2 Å². The van der Waals surface area contributed by atoms with E-state index in [4.69, 9.17) is 5.11 Å². The molecular weight excluding hydrogens is 452 g/mol. The number of carboxylic acid groups (broad SMARTS) is 2. The Bertz CT molecular complexity index is 1280. The van der Waals surface area contributed by atoms with Crippen LogP contribution in [-0.4, -0.2) is 33.2 Å². The molecule has 1 amide bonds. The second-order valence-corrected chi connectivity index (χ2v) is 8.58. The summed E-state index contributed by atoms with van der Waals surface area (Å²) in [6.07, 6.45) is 1.29. The smallest absolute Gasteiger partial charge is 0.311 e. The number of aliphatic imine (C=N–C) groups is 1. The molecule has 1 unspecified atom stereocenters. The second kappa shape index (κ2) is 10.2. The maximum Gasteiger partial charge on any atom is 0.311 e. The van der Waals surface area contributed by atoms with Crippen LogP contribution in [0.25, 0.3) is 17.2 Å². The van der Waals surface area contributed by atoms with E-state index in [-0.39, 0.29) is 5.91 Å². The molecule has 0 saturated carbocycles. The molecule has 170 valence electrons. The number of nitrogens with one attached hydrogen (secondary N) is 1. The van der Waals surface area contributed by atoms with Crippen LogP contribution in [0.5, 0.6) is 0 Å². The molecule has 3 aromatic rings. The summed E-state index contributed by atoms with van der Waals surface area (Å²) in [5.41, 5.74) is 3.99. The third kappa shape index (κ3) is 5.60. The highest BCUT2D eigenvalue weighted by atomic mass is 32.2. The maximum absolute atomic E-state index is 12.4. The molecule has 4 rings (SSSR count). The fourth-order valence-corrected chi connectivity index (χ4v) is 4.30. The van der Waals surface area contributed by atoms with Crippen molar-refractivity contribution < 1.29 is 24.6 Å². The summed E-state index contributed by atoms with van der Waals surface area (Å²) in [7, 11) is 0. The molecule has 7 nitrogen and oxygen atoms in total. The van der Waals surface area contributed by atoms with Gasteiger partial charge in [-0.2, -0.15) is 0 Å². The van der Waals surface area contributed by atoms with E-state index >= 15 is 0 Å². The number of carboxylic acids is 2. The molecule has 0 aromatic heterocycles. The molecule has 0 radical (unpaired) electrons. The monoisotopic (exact) mass is 472 g/mol. The molecule has 1 aliphatic heterocycles. The van der Waals surface area contributed by atoms with Crippen molar-refractivity contribution in [3.05, 3.63) is 94.9 Å². The number of carbonyl (C=O) groups excluding carboxylic acids is 1. The number of nitrogens with zero attached hydrogens (tertiary/aromatic N) is 1. The van der Waals surface area contributed by atoms with Gasteiger partial charge < -0.3 is 15.5 Å². The number of hydrogen-bond donors (Lipinski definition) is 3. The lowest BCUT2D eigenvalue weighted by Gasteiger charge is -2.10. The largest absolute Gasteiger partial charge is 0.481 e. The van der Waals surface area contributed by atoms with Gasteiger partial charge in [0.15, 0.2) is 5.17 Å². The topological polar surface area (TPSA) is 116 Å². The first-order chi connectivity index (χ1) is 16.4. The summed E-state index contributed by atoms with van der Waals surface area (Å²) in [6, 6.07) is 24.2. The second-order valence-electron chi connectivity index (χ2n) is 7.55. The summed E-state index contributed by atoms with van der Waals surface area (Å²) >= 11 is 1.21. The van der Waals surface area contributed by atoms with Crippen LogP contribution in [0.15, 0.2) is 88.8 Å². The molecule has 8 heteroatoms. The average Bonchev–Trinajstić information content (AvgIpc) is 3.17. The van der Waals surface area contributed by atoms with E-state index in [0.29, 0.717) is 21.3 Å². The van der Waals surface area contributed by atoms with E-state index in [0.717, 1.165) is 16.7 Å². The van der Waals surface area contributed by atoms with Crippen LogP contribution in [0.4, 0.5) is 5.69 Å². The molecule has 1 atom stereocenters. The molecule has 1 fully saturated rings. The summed E-state index contributed by atoms with van der Waals surface area (Å²) in [6.45, 7) is 0. The van der Waals surface area contributed by atoms with Crippen LogP contribution in [0.2, 0.25) is 0 Å². The first kappa shape index (κ1) is 23.0. The van der Waals surface area contributed by atoms with Gasteiger partial charge in [-0.1, -0.05) is 66.7 Å². The number of benzene rings is 3. The lowest BCUT2D eigenvalue weighted by molar-refractivity contribution is -0.145. The first-order valence-electron chi connectivity index (χ1n) is 10.4. The Hall–Kier alpha value is -4.17. The van der Waals surface area contributed by atoms with E-state index in [1.165, 1.54) is 23.9 Å². The van der Waals surface area contributed by atoms with E-state index < -0.39 is 24.3 Å². The fourth-order valence-electron chi connectivity index (χ4n) is 3.46. The number of thioether (sulfide) groups is 1. The number of amides is 1. The zero-order chi connectivity index (χ0) is 24.1. The van der Waals surface area contributed by atoms with Crippen molar-refractivity contribution in [2.45, 2.75) is 12.3 Å². The van der Waals surface area contributed by atoms with Gasteiger partial charge in [-0.3, -0.25) is 14.4 Å². The Labute approximate surface area is 199 Å². The molecule has 1 heterocycles. The molecule has 3 N–H and O–H groups in total. The lowest BCUT2D eigenvalue weighted by Crippen LogP contribution is -2.19. The standard InChI is InChI=1S/C26H20N2O5S/c29-23(30)15-21(25(32)33)19-10-12-20(13-11-19)27-26-28-24(31)22(34-26)14-16-6-8-18(9-7-16)17-4-2-1-3-5-17/h1-14,21H,15H2,(H,29,30)(H,32,33)(H,27,28,31). The highest BCUT2D eigenvalue weighted by Crippen LogP contribution is 2.30. The minimum Gasteiger partial charge on any atom is -0.481 e. The van der Waals surface area contributed by atoms with Crippen molar-refractivity contribution in [1.82, 2.24) is 5.32 Å². The summed E-state index contributed by atoms with van der Waals surface area (Å²) in [4.78, 5) is 39.6. The molecular formula is C26H20N2O5S. The molecule has 3 aromatic carbocycles. The summed E-state index contributed by atoms with van der Waals surface area (Å²) in [5.74, 6) is -3.77. The molecule has 0 aliphatic carbocycles. The average molecular weight is 473 g/mol. The number of rotatable bonds is 7. The highest BCUT2D eigenvalue weighted by molar-refractivity contribution is 8.18. The van der Waals surface area contributed by atoms with Crippen LogP contribution in [0.1, 0.15) is 23.5 Å². The minimum atomic E-state index is -1.20. The van der Waals surface area contributed by atoms with Crippen molar-refractivity contribution in [2.75, 3.05) is 0 Å². The van der Waals surface area contributed by atoms with Gasteiger partial charge in [-0.15, -0.1) is 0 Å². The first-order valence-corrected chi connectivity index (χ1v) is 11.2. The lowest BCUT2D eigenvalue weighted by atomic mass is 9.96. The van der Waals surface area contributed by atoms with Gasteiger partial charge >= 0.3 is 11.9 Å². The molecule has 34 heavy (non-hydrogen) atoms. The van der Waals surface area contributed by atoms with Gasteiger partial charge in [0.2, 0.25) is 0 Å². The van der Waals surface area contributed by atoms with Gasteiger partial charge in [0.05, 0.1) is 22.9 Å². The Morgan fingerprint density at radius 3 is 2.18 bits per heavy atom. The van der Waals surface area contributed by atoms with Crippen molar-refractivity contribution in [2.24, 2.45) is 4.99 Å². The summed E-state index contributed by atoms with van der Waals surface area (Å²) < 4.78 is 0. The zero-order valence-electron chi connectivity index (χ0n) is 17.8. The number of aliphatic carboxylic acids is 2. The predicted octanol–water partition coefficient (Wildman–Crippen LogP) is 4.89. The third-order valence-electron chi connectivity index (χ3n) is 5.17. The normalized spacial score (nSPS) is 16.4. The Morgan fingerprint density at radius 2 is 1.56 bits per heavy atom. The molecule has 0 bridgehead atoms. The Balaban J connectivity index is 1.47. The van der Waals surface area contributed by atoms with Gasteiger partial charge in [0.25, 0.3) is 5.91 Å². The van der Waals surface area contributed by atoms with Gasteiger partial charge in [-0.25, -0.2) is 4.99 Å². The van der Waals surface area contributed by atoms with Crippen LogP contribution in [-0.2, 0) is 14.4 Å². The van der Waals surface area contributed by atoms with Gasteiger partial charge in [-0.05, 0) is 52.2 Å². The maximum atomic E-state index is 12.4. The predicted molar refractivity (Wildman–Crippen MR) is 132 cm³/mol. The quantitative estimate of drug-likeness (QED) is 0.422. The SMILES string of the molecule is O=C(O)CC(C(=O)O)c1ccc(N=C2NC(=O)C(=Cc3ccc(-c4ccccc4)cc3)S2)cc1. The number of carbonyl (C=O) groups is 3. The van der Waals surface area contributed by atoms with Crippen LogP contribution < -0.4 is 5.32 Å². The molecule has 0 spiro atoms.